The minimum absolute atomic E-state index is 0.00834. The molecule has 21 heavy (non-hydrogen) atoms. The molecule has 4 heteroatoms. The fraction of sp³-hybridized carbons (Fsp3) is 0.588. The van der Waals surface area contributed by atoms with Gasteiger partial charge >= 0.3 is 0 Å². The Morgan fingerprint density at radius 1 is 1.29 bits per heavy atom. The average molecular weight is 289 g/mol. The van der Waals surface area contributed by atoms with Gasteiger partial charge in [0.1, 0.15) is 0 Å². The summed E-state index contributed by atoms with van der Waals surface area (Å²) in [7, 11) is 3.54. The molecule has 1 aromatic rings. The van der Waals surface area contributed by atoms with E-state index in [4.69, 9.17) is 5.73 Å². The van der Waals surface area contributed by atoms with Crippen LogP contribution in [-0.4, -0.2) is 30.9 Å². The molecule has 0 radical (unpaired) electrons. The van der Waals surface area contributed by atoms with Gasteiger partial charge in [0.05, 0.1) is 5.56 Å². The van der Waals surface area contributed by atoms with E-state index in [9.17, 15) is 4.79 Å². The molecule has 0 bridgehead atoms. The van der Waals surface area contributed by atoms with Crippen LogP contribution in [0.15, 0.2) is 18.2 Å². The monoisotopic (exact) mass is 289 g/mol. The van der Waals surface area contributed by atoms with Crippen LogP contribution in [0.1, 0.15) is 43.5 Å². The van der Waals surface area contributed by atoms with E-state index in [1.165, 1.54) is 12.8 Å². The molecule has 1 aliphatic carbocycles. The molecule has 0 aromatic heterocycles. The lowest BCUT2D eigenvalue weighted by molar-refractivity contribution is 0.0828. The maximum Gasteiger partial charge on any atom is 0.255 e. The van der Waals surface area contributed by atoms with E-state index in [2.05, 4.69) is 19.2 Å². The molecule has 0 saturated heterocycles. The summed E-state index contributed by atoms with van der Waals surface area (Å²) >= 11 is 0. The number of anilines is 2. The van der Waals surface area contributed by atoms with Crippen molar-refractivity contribution in [3.63, 3.8) is 0 Å². The first-order valence-corrected chi connectivity index (χ1v) is 7.78. The molecule has 0 heterocycles. The Labute approximate surface area is 127 Å². The number of carbonyl (C=O) groups excluding carboxylic acids is 1. The summed E-state index contributed by atoms with van der Waals surface area (Å²) in [6.07, 6.45) is 3.68. The lowest BCUT2D eigenvalue weighted by atomic mass is 9.78. The minimum Gasteiger partial charge on any atom is -0.399 e. The standard InChI is InChI=1S/C17H27N3O/c1-11-6-5-7-15(12(11)2)19-16-10-13(18)8-9-14(16)17(21)20(3)4/h8-12,15,19H,5-7,18H2,1-4H3. The number of carbonyl (C=O) groups is 1. The predicted molar refractivity (Wildman–Crippen MR) is 88.5 cm³/mol. The Morgan fingerprint density at radius 3 is 2.67 bits per heavy atom. The predicted octanol–water partition coefficient (Wildman–Crippen LogP) is 3.21. The quantitative estimate of drug-likeness (QED) is 0.840. The zero-order valence-corrected chi connectivity index (χ0v) is 13.5. The lowest BCUT2D eigenvalue weighted by Crippen LogP contribution is -2.36. The van der Waals surface area contributed by atoms with Crippen molar-refractivity contribution in [3.8, 4) is 0 Å². The van der Waals surface area contributed by atoms with Gasteiger partial charge in [0, 0.05) is 31.5 Å². The van der Waals surface area contributed by atoms with Gasteiger partial charge in [-0.25, -0.2) is 0 Å². The third kappa shape index (κ3) is 3.49. The summed E-state index contributed by atoms with van der Waals surface area (Å²) in [5.74, 6) is 1.32. The van der Waals surface area contributed by atoms with Gasteiger partial charge in [0.2, 0.25) is 0 Å². The number of hydrogen-bond donors (Lipinski definition) is 2. The topological polar surface area (TPSA) is 58.4 Å². The van der Waals surface area contributed by atoms with Gasteiger partial charge in [-0.3, -0.25) is 4.79 Å². The largest absolute Gasteiger partial charge is 0.399 e. The van der Waals surface area contributed by atoms with Crippen LogP contribution in [0.4, 0.5) is 11.4 Å². The van der Waals surface area contributed by atoms with E-state index in [0.29, 0.717) is 29.1 Å². The van der Waals surface area contributed by atoms with E-state index in [-0.39, 0.29) is 5.91 Å². The van der Waals surface area contributed by atoms with Crippen molar-refractivity contribution in [1.82, 2.24) is 4.90 Å². The SMILES string of the molecule is CC1CCCC(Nc2cc(N)ccc2C(=O)N(C)C)C1C. The van der Waals surface area contributed by atoms with Crippen molar-refractivity contribution in [2.45, 2.75) is 39.2 Å². The highest BCUT2D eigenvalue weighted by Gasteiger charge is 2.28. The molecule has 1 saturated carbocycles. The summed E-state index contributed by atoms with van der Waals surface area (Å²) in [6.45, 7) is 4.60. The van der Waals surface area contributed by atoms with Crippen LogP contribution < -0.4 is 11.1 Å². The first-order valence-electron chi connectivity index (χ1n) is 7.78. The van der Waals surface area contributed by atoms with E-state index >= 15 is 0 Å². The van der Waals surface area contributed by atoms with Crippen LogP contribution in [0, 0.1) is 11.8 Å². The van der Waals surface area contributed by atoms with Crippen LogP contribution in [0.3, 0.4) is 0 Å². The first-order chi connectivity index (χ1) is 9.90. The Kier molecular flexibility index (Phi) is 4.76. The smallest absolute Gasteiger partial charge is 0.255 e. The Morgan fingerprint density at radius 2 is 2.00 bits per heavy atom. The molecule has 1 fully saturated rings. The zero-order chi connectivity index (χ0) is 15.6. The molecule has 4 nitrogen and oxygen atoms in total. The number of hydrogen-bond acceptors (Lipinski definition) is 3. The van der Waals surface area contributed by atoms with Crippen molar-refractivity contribution in [1.29, 1.82) is 0 Å². The Balaban J connectivity index is 2.26. The third-order valence-electron chi connectivity index (χ3n) is 4.73. The molecule has 1 amide bonds. The van der Waals surface area contributed by atoms with E-state index in [0.717, 1.165) is 12.1 Å². The van der Waals surface area contributed by atoms with Crippen LogP contribution in [0.2, 0.25) is 0 Å². The number of nitrogens with one attached hydrogen (secondary N) is 1. The van der Waals surface area contributed by atoms with Gasteiger partial charge < -0.3 is 16.0 Å². The number of nitrogen functional groups attached to an aromatic ring is 1. The molecule has 0 aliphatic heterocycles. The van der Waals surface area contributed by atoms with E-state index in [1.54, 1.807) is 25.1 Å². The summed E-state index contributed by atoms with van der Waals surface area (Å²) in [6, 6.07) is 5.89. The molecule has 3 atom stereocenters. The van der Waals surface area contributed by atoms with Gasteiger partial charge in [0.15, 0.2) is 0 Å². The van der Waals surface area contributed by atoms with E-state index < -0.39 is 0 Å². The van der Waals surface area contributed by atoms with Crippen LogP contribution in [0.25, 0.3) is 0 Å². The van der Waals surface area contributed by atoms with Crippen molar-refractivity contribution in [2.75, 3.05) is 25.1 Å². The summed E-state index contributed by atoms with van der Waals surface area (Å²) in [5.41, 5.74) is 8.15. The fourth-order valence-corrected chi connectivity index (χ4v) is 3.09. The summed E-state index contributed by atoms with van der Waals surface area (Å²) < 4.78 is 0. The number of rotatable bonds is 3. The molecule has 2 rings (SSSR count). The fourth-order valence-electron chi connectivity index (χ4n) is 3.09. The zero-order valence-electron chi connectivity index (χ0n) is 13.5. The van der Waals surface area contributed by atoms with Crippen LogP contribution >= 0.6 is 0 Å². The van der Waals surface area contributed by atoms with Crippen molar-refractivity contribution in [3.05, 3.63) is 23.8 Å². The highest BCUT2D eigenvalue weighted by Crippen LogP contribution is 2.33. The van der Waals surface area contributed by atoms with Crippen molar-refractivity contribution >= 4 is 17.3 Å². The van der Waals surface area contributed by atoms with Crippen molar-refractivity contribution < 1.29 is 4.79 Å². The van der Waals surface area contributed by atoms with Crippen LogP contribution in [0.5, 0.6) is 0 Å². The van der Waals surface area contributed by atoms with Gasteiger partial charge in [-0.1, -0.05) is 26.7 Å². The molecule has 0 spiro atoms. The maximum absolute atomic E-state index is 12.3. The first kappa shape index (κ1) is 15.7. The Bertz CT molecular complexity index is 513. The normalized spacial score (nSPS) is 25.4. The van der Waals surface area contributed by atoms with Gasteiger partial charge in [-0.05, 0) is 36.5 Å². The second-order valence-electron chi connectivity index (χ2n) is 6.52. The van der Waals surface area contributed by atoms with E-state index in [1.807, 2.05) is 12.1 Å². The highest BCUT2D eigenvalue weighted by atomic mass is 16.2. The second-order valence-corrected chi connectivity index (χ2v) is 6.52. The summed E-state index contributed by atoms with van der Waals surface area (Å²) in [4.78, 5) is 13.9. The number of nitrogens with zero attached hydrogens (tertiary/aromatic N) is 1. The maximum atomic E-state index is 12.3. The van der Waals surface area contributed by atoms with Crippen molar-refractivity contribution in [2.24, 2.45) is 11.8 Å². The third-order valence-corrected chi connectivity index (χ3v) is 4.73. The molecule has 3 N–H and O–H groups in total. The highest BCUT2D eigenvalue weighted by molar-refractivity contribution is 6.00. The molecule has 1 aromatic carbocycles. The average Bonchev–Trinajstić information content (AvgIpc) is 2.43. The molecule has 116 valence electrons. The minimum atomic E-state index is 0.00834. The number of amides is 1. The van der Waals surface area contributed by atoms with Gasteiger partial charge in [0.25, 0.3) is 5.91 Å². The number of benzene rings is 1. The summed E-state index contributed by atoms with van der Waals surface area (Å²) in [5, 5.41) is 3.58. The molecular weight excluding hydrogens is 262 g/mol. The molecular formula is C17H27N3O. The number of nitrogens with two attached hydrogens (primary N) is 1. The Hall–Kier alpha value is -1.71. The van der Waals surface area contributed by atoms with Crippen LogP contribution in [-0.2, 0) is 0 Å². The molecule has 1 aliphatic rings. The van der Waals surface area contributed by atoms with Gasteiger partial charge in [-0.2, -0.15) is 0 Å². The lowest BCUT2D eigenvalue weighted by Gasteiger charge is -2.35. The molecule has 3 unspecified atom stereocenters. The van der Waals surface area contributed by atoms with Gasteiger partial charge in [-0.15, -0.1) is 0 Å². The second kappa shape index (κ2) is 6.37.